The van der Waals surface area contributed by atoms with Crippen molar-refractivity contribution in [2.45, 2.75) is 6.92 Å². The van der Waals surface area contributed by atoms with Crippen LogP contribution in [0.2, 0.25) is 5.02 Å². The van der Waals surface area contributed by atoms with Crippen molar-refractivity contribution in [1.29, 1.82) is 0 Å². The highest BCUT2D eigenvalue weighted by Gasteiger charge is 2.18. The number of carbonyl (C=O) groups is 1. The van der Waals surface area contributed by atoms with Gasteiger partial charge in [0.2, 0.25) is 0 Å². The lowest BCUT2D eigenvalue weighted by molar-refractivity contribution is 0.0989. The number of amides is 1. The van der Waals surface area contributed by atoms with E-state index in [0.717, 1.165) is 9.26 Å². The van der Waals surface area contributed by atoms with Crippen LogP contribution in [0.3, 0.4) is 0 Å². The van der Waals surface area contributed by atoms with E-state index in [0.29, 0.717) is 17.1 Å². The van der Waals surface area contributed by atoms with E-state index in [4.69, 9.17) is 11.6 Å². The van der Waals surface area contributed by atoms with Crippen molar-refractivity contribution >= 4 is 45.8 Å². The minimum Gasteiger partial charge on any atom is -0.304 e. The number of carbonyl (C=O) groups excluding carboxylic acids is 1. The molecule has 2 aromatic rings. The first kappa shape index (κ1) is 16.0. The van der Waals surface area contributed by atoms with Crippen LogP contribution in [-0.4, -0.2) is 12.5 Å². The molecule has 21 heavy (non-hydrogen) atoms. The molecule has 108 valence electrons. The van der Waals surface area contributed by atoms with E-state index in [1.54, 1.807) is 17.0 Å². The molecule has 0 bridgehead atoms. The summed E-state index contributed by atoms with van der Waals surface area (Å²) < 4.78 is 0.938. The van der Waals surface area contributed by atoms with Crippen molar-refractivity contribution in [3.05, 3.63) is 74.8 Å². The predicted octanol–water partition coefficient (Wildman–Crippen LogP) is 5.17. The van der Waals surface area contributed by atoms with Crippen molar-refractivity contribution in [3.8, 4) is 0 Å². The Labute approximate surface area is 143 Å². The average Bonchev–Trinajstić information content (AvgIpc) is 2.48. The monoisotopic (exact) mass is 411 g/mol. The highest BCUT2D eigenvalue weighted by molar-refractivity contribution is 14.1. The molecule has 0 aliphatic heterocycles. The molecule has 0 atom stereocenters. The van der Waals surface area contributed by atoms with Gasteiger partial charge in [0.25, 0.3) is 5.91 Å². The highest BCUT2D eigenvalue weighted by Crippen LogP contribution is 2.23. The number of allylic oxidation sites excluding steroid dienone is 1. The number of benzene rings is 2. The van der Waals surface area contributed by atoms with Gasteiger partial charge in [0, 0.05) is 20.8 Å². The third kappa shape index (κ3) is 4.08. The standard InChI is InChI=1S/C17H15ClINO/c1-2-3-11-20(14-8-6-7-13(18)12-14)17(21)15-9-4-5-10-16(15)19/h2-10,12H,11H2,1H3/b3-2-. The molecule has 0 aliphatic rings. The van der Waals surface area contributed by atoms with E-state index < -0.39 is 0 Å². The van der Waals surface area contributed by atoms with E-state index in [1.807, 2.05) is 55.5 Å². The first-order valence-corrected chi connectivity index (χ1v) is 8.02. The molecule has 2 aromatic carbocycles. The van der Waals surface area contributed by atoms with Gasteiger partial charge in [-0.25, -0.2) is 0 Å². The van der Waals surface area contributed by atoms with Crippen LogP contribution in [0.1, 0.15) is 17.3 Å². The van der Waals surface area contributed by atoms with Crippen LogP contribution in [0.25, 0.3) is 0 Å². The molecule has 0 fully saturated rings. The highest BCUT2D eigenvalue weighted by atomic mass is 127. The molecule has 0 heterocycles. The number of nitrogens with zero attached hydrogens (tertiary/aromatic N) is 1. The lowest BCUT2D eigenvalue weighted by Gasteiger charge is -2.22. The Hall–Kier alpha value is -1.33. The smallest absolute Gasteiger partial charge is 0.259 e. The molecule has 0 aromatic heterocycles. The molecular weight excluding hydrogens is 397 g/mol. The van der Waals surface area contributed by atoms with Crippen LogP contribution < -0.4 is 4.90 Å². The SMILES string of the molecule is C/C=C\CN(C(=O)c1ccccc1I)c1cccc(Cl)c1. The number of hydrogen-bond acceptors (Lipinski definition) is 1. The van der Waals surface area contributed by atoms with Crippen molar-refractivity contribution < 1.29 is 4.79 Å². The Balaban J connectivity index is 2.41. The number of rotatable bonds is 4. The summed E-state index contributed by atoms with van der Waals surface area (Å²) in [6, 6.07) is 14.9. The molecule has 1 amide bonds. The Morgan fingerprint density at radius 1 is 1.24 bits per heavy atom. The van der Waals surface area contributed by atoms with Crippen LogP contribution >= 0.6 is 34.2 Å². The third-order valence-electron chi connectivity index (χ3n) is 2.99. The summed E-state index contributed by atoms with van der Waals surface area (Å²) in [6.07, 6.45) is 3.88. The average molecular weight is 412 g/mol. The first-order chi connectivity index (χ1) is 10.1. The zero-order chi connectivity index (χ0) is 15.2. The zero-order valence-electron chi connectivity index (χ0n) is 11.6. The molecule has 0 saturated carbocycles. The van der Waals surface area contributed by atoms with E-state index in [1.165, 1.54) is 0 Å². The Morgan fingerprint density at radius 3 is 2.67 bits per heavy atom. The molecule has 0 saturated heterocycles. The van der Waals surface area contributed by atoms with Gasteiger partial charge in [0.05, 0.1) is 5.56 Å². The zero-order valence-corrected chi connectivity index (χ0v) is 14.5. The summed E-state index contributed by atoms with van der Waals surface area (Å²) in [5.74, 6) is -0.0274. The normalized spacial score (nSPS) is 10.8. The maximum absolute atomic E-state index is 12.8. The molecular formula is C17H15ClINO. The van der Waals surface area contributed by atoms with Crippen molar-refractivity contribution in [2.24, 2.45) is 0 Å². The summed E-state index contributed by atoms with van der Waals surface area (Å²) in [4.78, 5) is 14.6. The van der Waals surface area contributed by atoms with Crippen LogP contribution in [0.5, 0.6) is 0 Å². The Bertz CT molecular complexity index is 669. The summed E-state index contributed by atoms with van der Waals surface area (Å²) in [6.45, 7) is 2.45. The van der Waals surface area contributed by atoms with Crippen LogP contribution in [0, 0.1) is 3.57 Å². The lowest BCUT2D eigenvalue weighted by atomic mass is 10.1. The van der Waals surface area contributed by atoms with Crippen molar-refractivity contribution in [2.75, 3.05) is 11.4 Å². The maximum atomic E-state index is 12.8. The second kappa shape index (κ2) is 7.61. The minimum absolute atomic E-state index is 0.0274. The first-order valence-electron chi connectivity index (χ1n) is 6.56. The topological polar surface area (TPSA) is 20.3 Å². The van der Waals surface area contributed by atoms with Gasteiger partial charge in [-0.3, -0.25) is 4.79 Å². The third-order valence-corrected chi connectivity index (χ3v) is 4.17. The van der Waals surface area contributed by atoms with Gasteiger partial charge in [-0.2, -0.15) is 0 Å². The van der Waals surface area contributed by atoms with Crippen LogP contribution in [0.4, 0.5) is 5.69 Å². The molecule has 2 rings (SSSR count). The van der Waals surface area contributed by atoms with Gasteiger partial charge < -0.3 is 4.90 Å². The summed E-state index contributed by atoms with van der Waals surface area (Å²) in [5, 5.41) is 0.619. The molecule has 2 nitrogen and oxygen atoms in total. The number of hydrogen-bond donors (Lipinski definition) is 0. The number of anilines is 1. The largest absolute Gasteiger partial charge is 0.304 e. The fraction of sp³-hybridized carbons (Fsp3) is 0.118. The van der Waals surface area contributed by atoms with Crippen molar-refractivity contribution in [1.82, 2.24) is 0 Å². The van der Waals surface area contributed by atoms with E-state index in [-0.39, 0.29) is 5.91 Å². The molecule has 0 spiro atoms. The van der Waals surface area contributed by atoms with Crippen LogP contribution in [0.15, 0.2) is 60.7 Å². The molecule has 0 N–H and O–H groups in total. The van der Waals surface area contributed by atoms with Crippen molar-refractivity contribution in [3.63, 3.8) is 0 Å². The van der Waals surface area contributed by atoms with Gasteiger partial charge in [-0.15, -0.1) is 0 Å². The second-order valence-electron chi connectivity index (χ2n) is 4.44. The fourth-order valence-corrected chi connectivity index (χ4v) is 2.74. The minimum atomic E-state index is -0.0274. The maximum Gasteiger partial charge on any atom is 0.259 e. The summed E-state index contributed by atoms with van der Waals surface area (Å²) >= 11 is 8.23. The van der Waals surface area contributed by atoms with Gasteiger partial charge in [0.1, 0.15) is 0 Å². The summed E-state index contributed by atoms with van der Waals surface area (Å²) in [7, 11) is 0. The number of halogens is 2. The predicted molar refractivity (Wildman–Crippen MR) is 97.1 cm³/mol. The van der Waals surface area contributed by atoms with E-state index in [9.17, 15) is 4.79 Å². The fourth-order valence-electron chi connectivity index (χ4n) is 1.94. The van der Waals surface area contributed by atoms with E-state index in [2.05, 4.69) is 22.6 Å². The molecule has 0 aliphatic carbocycles. The Kier molecular flexibility index (Phi) is 5.82. The lowest BCUT2D eigenvalue weighted by Crippen LogP contribution is -2.31. The summed E-state index contributed by atoms with van der Waals surface area (Å²) in [5.41, 5.74) is 1.49. The van der Waals surface area contributed by atoms with Gasteiger partial charge in [-0.1, -0.05) is 42.0 Å². The molecule has 0 radical (unpaired) electrons. The van der Waals surface area contributed by atoms with Gasteiger partial charge >= 0.3 is 0 Å². The Morgan fingerprint density at radius 2 is 2.00 bits per heavy atom. The van der Waals surface area contributed by atoms with Gasteiger partial charge in [0.15, 0.2) is 0 Å². The second-order valence-corrected chi connectivity index (χ2v) is 6.04. The van der Waals surface area contributed by atoms with Gasteiger partial charge in [-0.05, 0) is 59.8 Å². The quantitative estimate of drug-likeness (QED) is 0.502. The van der Waals surface area contributed by atoms with Crippen LogP contribution in [-0.2, 0) is 0 Å². The molecule has 4 heteroatoms. The molecule has 0 unspecified atom stereocenters. The van der Waals surface area contributed by atoms with E-state index >= 15 is 0 Å².